The van der Waals surface area contributed by atoms with Crippen molar-refractivity contribution in [1.82, 2.24) is 5.43 Å². The lowest BCUT2D eigenvalue weighted by Gasteiger charge is -2.36. The first-order chi connectivity index (χ1) is 6.32. The first-order valence-corrected chi connectivity index (χ1v) is 5.31. The number of rotatable bonds is 5. The highest BCUT2D eigenvalue weighted by Gasteiger charge is 2.31. The summed E-state index contributed by atoms with van der Waals surface area (Å²) < 4.78 is 5.53. The second-order valence-corrected chi connectivity index (χ2v) is 5.43. The van der Waals surface area contributed by atoms with Gasteiger partial charge in [-0.25, -0.2) is 0 Å². The standard InChI is InChI=1S/C11H26N2O/c1-8(2)7-9(13-12)10(14-6)11(3,4)5/h8-10,13H,7,12H2,1-6H3. The molecule has 0 aromatic rings. The molecule has 0 radical (unpaired) electrons. The molecule has 3 nitrogen and oxygen atoms in total. The molecule has 2 atom stereocenters. The Morgan fingerprint density at radius 1 is 1.29 bits per heavy atom. The number of nitrogens with one attached hydrogen (secondary N) is 1. The van der Waals surface area contributed by atoms with Crippen LogP contribution in [0.15, 0.2) is 0 Å². The van der Waals surface area contributed by atoms with Gasteiger partial charge in [0.25, 0.3) is 0 Å². The van der Waals surface area contributed by atoms with Gasteiger partial charge in [-0.15, -0.1) is 0 Å². The van der Waals surface area contributed by atoms with Crippen molar-refractivity contribution < 1.29 is 4.74 Å². The van der Waals surface area contributed by atoms with E-state index in [0.29, 0.717) is 5.92 Å². The van der Waals surface area contributed by atoms with Gasteiger partial charge in [-0.05, 0) is 17.8 Å². The van der Waals surface area contributed by atoms with Crippen molar-refractivity contribution >= 4 is 0 Å². The highest BCUT2D eigenvalue weighted by atomic mass is 16.5. The molecule has 0 rings (SSSR count). The molecule has 0 heterocycles. The summed E-state index contributed by atoms with van der Waals surface area (Å²) >= 11 is 0. The van der Waals surface area contributed by atoms with E-state index < -0.39 is 0 Å². The zero-order valence-corrected chi connectivity index (χ0v) is 10.4. The van der Waals surface area contributed by atoms with Crippen molar-refractivity contribution in [2.45, 2.75) is 53.2 Å². The summed E-state index contributed by atoms with van der Waals surface area (Å²) in [5, 5.41) is 0. The van der Waals surface area contributed by atoms with Gasteiger partial charge in [0, 0.05) is 13.2 Å². The molecule has 0 amide bonds. The third-order valence-corrected chi connectivity index (χ3v) is 2.41. The third-order valence-electron chi connectivity index (χ3n) is 2.41. The van der Waals surface area contributed by atoms with Gasteiger partial charge in [0.2, 0.25) is 0 Å². The number of methoxy groups -OCH3 is 1. The average molecular weight is 202 g/mol. The normalized spacial score (nSPS) is 17.1. The van der Waals surface area contributed by atoms with Gasteiger partial charge in [-0.2, -0.15) is 0 Å². The Morgan fingerprint density at radius 2 is 1.79 bits per heavy atom. The molecular weight excluding hydrogens is 176 g/mol. The predicted octanol–water partition coefficient (Wildman–Crippen LogP) is 1.93. The maximum Gasteiger partial charge on any atom is 0.0785 e. The Morgan fingerprint density at radius 3 is 2.00 bits per heavy atom. The largest absolute Gasteiger partial charge is 0.379 e. The van der Waals surface area contributed by atoms with Crippen LogP contribution in [0.2, 0.25) is 0 Å². The van der Waals surface area contributed by atoms with Crippen molar-refractivity contribution in [3.63, 3.8) is 0 Å². The van der Waals surface area contributed by atoms with E-state index >= 15 is 0 Å². The summed E-state index contributed by atoms with van der Waals surface area (Å²) in [6, 6.07) is 0.222. The van der Waals surface area contributed by atoms with Gasteiger partial charge < -0.3 is 4.74 Å². The summed E-state index contributed by atoms with van der Waals surface area (Å²) in [4.78, 5) is 0. The molecule has 0 fully saturated rings. The second kappa shape index (κ2) is 5.69. The van der Waals surface area contributed by atoms with Gasteiger partial charge in [-0.1, -0.05) is 34.6 Å². The van der Waals surface area contributed by atoms with Crippen molar-refractivity contribution in [3.05, 3.63) is 0 Å². The van der Waals surface area contributed by atoms with Crippen LogP contribution in [0, 0.1) is 11.3 Å². The zero-order valence-electron chi connectivity index (χ0n) is 10.4. The zero-order chi connectivity index (χ0) is 11.4. The molecule has 0 saturated carbocycles. The highest BCUT2D eigenvalue weighted by Crippen LogP contribution is 2.26. The van der Waals surface area contributed by atoms with E-state index in [4.69, 9.17) is 10.6 Å². The van der Waals surface area contributed by atoms with Gasteiger partial charge >= 0.3 is 0 Å². The quantitative estimate of drug-likeness (QED) is 0.529. The fourth-order valence-electron chi connectivity index (χ4n) is 1.91. The molecule has 2 unspecified atom stereocenters. The minimum Gasteiger partial charge on any atom is -0.379 e. The fraction of sp³-hybridized carbons (Fsp3) is 1.00. The molecule has 3 heteroatoms. The third kappa shape index (κ3) is 4.40. The summed E-state index contributed by atoms with van der Waals surface area (Å²) in [7, 11) is 1.75. The number of hydrogen-bond donors (Lipinski definition) is 2. The average Bonchev–Trinajstić information content (AvgIpc) is 2.00. The number of nitrogens with two attached hydrogens (primary N) is 1. The topological polar surface area (TPSA) is 47.3 Å². The molecule has 0 aromatic heterocycles. The number of hydrogen-bond acceptors (Lipinski definition) is 3. The SMILES string of the molecule is COC(C(CC(C)C)NN)C(C)(C)C. The van der Waals surface area contributed by atoms with E-state index in [0.717, 1.165) is 6.42 Å². The van der Waals surface area contributed by atoms with Gasteiger partial charge in [0.15, 0.2) is 0 Å². The number of ether oxygens (including phenoxy) is 1. The molecule has 0 aromatic carbocycles. The van der Waals surface area contributed by atoms with Crippen LogP contribution in [0.5, 0.6) is 0 Å². The number of hydrazine groups is 1. The van der Waals surface area contributed by atoms with Crippen LogP contribution in [-0.4, -0.2) is 19.3 Å². The van der Waals surface area contributed by atoms with Crippen LogP contribution in [0.4, 0.5) is 0 Å². The predicted molar refractivity (Wildman–Crippen MR) is 60.8 cm³/mol. The van der Waals surface area contributed by atoms with E-state index in [2.05, 4.69) is 40.0 Å². The van der Waals surface area contributed by atoms with Crippen LogP contribution in [0.1, 0.15) is 41.0 Å². The first kappa shape index (κ1) is 13.9. The summed E-state index contributed by atoms with van der Waals surface area (Å²) in [6.45, 7) is 10.9. The smallest absolute Gasteiger partial charge is 0.0785 e. The minimum absolute atomic E-state index is 0.112. The van der Waals surface area contributed by atoms with Crippen LogP contribution >= 0.6 is 0 Å². The van der Waals surface area contributed by atoms with Gasteiger partial charge in [0.1, 0.15) is 0 Å². The molecule has 0 aliphatic carbocycles. The van der Waals surface area contributed by atoms with Crippen molar-refractivity contribution in [3.8, 4) is 0 Å². The minimum atomic E-state index is 0.112. The lowest BCUT2D eigenvalue weighted by atomic mass is 9.82. The molecule has 0 aliphatic rings. The van der Waals surface area contributed by atoms with Gasteiger partial charge in [0.05, 0.1) is 6.10 Å². The summed E-state index contributed by atoms with van der Waals surface area (Å²) in [6.07, 6.45) is 1.18. The van der Waals surface area contributed by atoms with E-state index in [1.807, 2.05) is 0 Å². The summed E-state index contributed by atoms with van der Waals surface area (Å²) in [5.74, 6) is 6.19. The monoisotopic (exact) mass is 202 g/mol. The first-order valence-electron chi connectivity index (χ1n) is 5.31. The van der Waals surface area contributed by atoms with Crippen LogP contribution < -0.4 is 11.3 Å². The highest BCUT2D eigenvalue weighted by molar-refractivity contribution is 4.85. The maximum absolute atomic E-state index is 5.56. The Hall–Kier alpha value is -0.120. The molecule has 0 bridgehead atoms. The van der Waals surface area contributed by atoms with E-state index in [1.165, 1.54) is 0 Å². The summed E-state index contributed by atoms with van der Waals surface area (Å²) in [5.41, 5.74) is 2.98. The van der Waals surface area contributed by atoms with Crippen LogP contribution in [0.25, 0.3) is 0 Å². The molecule has 0 aliphatic heterocycles. The molecular formula is C11H26N2O. The van der Waals surface area contributed by atoms with Crippen LogP contribution in [0.3, 0.4) is 0 Å². The van der Waals surface area contributed by atoms with E-state index in [1.54, 1.807) is 7.11 Å². The Kier molecular flexibility index (Phi) is 5.64. The van der Waals surface area contributed by atoms with Crippen molar-refractivity contribution in [2.75, 3.05) is 7.11 Å². The maximum atomic E-state index is 5.56. The van der Waals surface area contributed by atoms with Crippen LogP contribution in [-0.2, 0) is 4.74 Å². The second-order valence-electron chi connectivity index (χ2n) is 5.43. The van der Waals surface area contributed by atoms with Gasteiger partial charge in [-0.3, -0.25) is 11.3 Å². The molecule has 0 saturated heterocycles. The fourth-order valence-corrected chi connectivity index (χ4v) is 1.91. The molecule has 3 N–H and O–H groups in total. The lowest BCUT2D eigenvalue weighted by molar-refractivity contribution is -0.0159. The van der Waals surface area contributed by atoms with Crippen molar-refractivity contribution in [2.24, 2.45) is 17.2 Å². The Balaban J connectivity index is 4.45. The Labute approximate surface area is 88.4 Å². The molecule has 86 valence electrons. The Bertz CT molecular complexity index is 152. The van der Waals surface area contributed by atoms with E-state index in [9.17, 15) is 0 Å². The van der Waals surface area contributed by atoms with Crippen molar-refractivity contribution in [1.29, 1.82) is 0 Å². The van der Waals surface area contributed by atoms with E-state index in [-0.39, 0.29) is 17.6 Å². The molecule has 0 spiro atoms. The molecule has 14 heavy (non-hydrogen) atoms. The lowest BCUT2D eigenvalue weighted by Crippen LogP contribution is -2.50.